The lowest BCUT2D eigenvalue weighted by atomic mass is 9.81. The topological polar surface area (TPSA) is 365 Å². The van der Waals surface area contributed by atoms with Crippen LogP contribution in [0, 0.1) is 11.8 Å². The van der Waals surface area contributed by atoms with Crippen molar-refractivity contribution in [3.8, 4) is 0 Å². The van der Waals surface area contributed by atoms with Crippen LogP contribution in [0.3, 0.4) is 0 Å². The second kappa shape index (κ2) is 32.4. The fraction of sp³-hybridized carbons (Fsp3) is 0.527. The summed E-state index contributed by atoms with van der Waals surface area (Å²) in [5.41, 5.74) is 2.15. The molecule has 11 N–H and O–H groups in total. The number of nitrogens with zero attached hydrogens (tertiary/aromatic N) is 4. The Kier molecular flexibility index (Phi) is 25.5. The van der Waals surface area contributed by atoms with E-state index in [1.54, 1.807) is 26.8 Å². The maximum atomic E-state index is 13.9. The maximum absolute atomic E-state index is 13.9. The molecule has 25 nitrogen and oxygen atoms in total. The molecule has 0 unspecified atom stereocenters. The Balaban J connectivity index is 1.11. The van der Waals surface area contributed by atoms with E-state index >= 15 is 0 Å². The minimum absolute atomic E-state index is 0.0654. The van der Waals surface area contributed by atoms with Gasteiger partial charge in [-0.3, -0.25) is 53.2 Å². The van der Waals surface area contributed by atoms with Crippen LogP contribution in [0.4, 0.5) is 4.79 Å². The normalized spacial score (nSPS) is 18.2. The van der Waals surface area contributed by atoms with Gasteiger partial charge in [0.1, 0.15) is 18.1 Å². The third-order valence-electron chi connectivity index (χ3n) is 14.4. The van der Waals surface area contributed by atoms with Crippen LogP contribution in [0.25, 0.3) is 10.8 Å². The highest BCUT2D eigenvalue weighted by Gasteiger charge is 2.31. The third kappa shape index (κ3) is 22.5. The first-order valence-corrected chi connectivity index (χ1v) is 26.9. The van der Waals surface area contributed by atoms with Crippen molar-refractivity contribution in [2.75, 3.05) is 85.1 Å². The number of carbonyl (C=O) groups excluding carboxylic acids is 4. The Morgan fingerprint density at radius 1 is 0.512 bits per heavy atom. The molecule has 1 heterocycles. The molecule has 0 spiro atoms. The fourth-order valence-electron chi connectivity index (χ4n) is 9.82. The molecule has 1 saturated heterocycles. The summed E-state index contributed by atoms with van der Waals surface area (Å²) in [5.74, 6) is -8.42. The zero-order valence-electron chi connectivity index (χ0n) is 44.8. The maximum Gasteiger partial charge on any atom is 0.326 e. The Bertz CT molecular complexity index is 2580. The van der Waals surface area contributed by atoms with Gasteiger partial charge in [0, 0.05) is 96.3 Å². The summed E-state index contributed by atoms with van der Waals surface area (Å²) in [6, 6.07) is 15.7. The van der Waals surface area contributed by atoms with E-state index < -0.39 is 78.7 Å². The lowest BCUT2D eigenvalue weighted by Crippen LogP contribution is -2.51. The number of unbranched alkanes of at least 4 members (excludes halogenated alkanes) is 1. The molecule has 80 heavy (non-hydrogen) atoms. The van der Waals surface area contributed by atoms with Gasteiger partial charge < -0.3 is 57.2 Å². The molecular formula is C55H75N9O16. The average Bonchev–Trinajstić information content (AvgIpc) is 3.41. The number of amides is 5. The molecule has 2 aliphatic rings. The molecule has 1 saturated carbocycles. The van der Waals surface area contributed by atoms with E-state index in [9.17, 15) is 73.5 Å². The lowest BCUT2D eigenvalue weighted by molar-refractivity contribution is -0.141. The Morgan fingerprint density at radius 3 is 1.55 bits per heavy atom. The number of aliphatic carboxylic acids is 6. The number of hydrogen-bond donors (Lipinski definition) is 11. The van der Waals surface area contributed by atoms with E-state index in [1.165, 1.54) is 0 Å². The first kappa shape index (κ1) is 63.1. The molecule has 3 aromatic rings. The van der Waals surface area contributed by atoms with Gasteiger partial charge in [-0.25, -0.2) is 14.4 Å². The summed E-state index contributed by atoms with van der Waals surface area (Å²) in [7, 11) is 0. The van der Waals surface area contributed by atoms with E-state index in [0.29, 0.717) is 103 Å². The summed E-state index contributed by atoms with van der Waals surface area (Å²) < 4.78 is 0. The number of carboxylic acid groups (broad SMARTS) is 6. The van der Waals surface area contributed by atoms with Crippen LogP contribution in [0.2, 0.25) is 0 Å². The number of urea groups is 1. The second-order valence-corrected chi connectivity index (χ2v) is 20.5. The Hall–Kier alpha value is -7.74. The number of carbonyl (C=O) groups is 10. The van der Waals surface area contributed by atoms with Crippen molar-refractivity contribution < 1.29 is 78.6 Å². The van der Waals surface area contributed by atoms with Crippen LogP contribution in [-0.2, 0) is 51.3 Å². The van der Waals surface area contributed by atoms with Gasteiger partial charge in [0.15, 0.2) is 0 Å². The first-order valence-electron chi connectivity index (χ1n) is 26.9. The average molecular weight is 1120 g/mol. The molecule has 2 fully saturated rings. The van der Waals surface area contributed by atoms with Gasteiger partial charge in [-0.2, -0.15) is 0 Å². The zero-order valence-corrected chi connectivity index (χ0v) is 44.8. The van der Waals surface area contributed by atoms with Crippen LogP contribution in [0.1, 0.15) is 79.3 Å². The molecule has 1 aliphatic heterocycles. The van der Waals surface area contributed by atoms with E-state index in [-0.39, 0.29) is 69.1 Å². The summed E-state index contributed by atoms with van der Waals surface area (Å²) in [5, 5.41) is 71.6. The number of fused-ring (bicyclic) bond motifs is 1. The van der Waals surface area contributed by atoms with Crippen molar-refractivity contribution >= 4 is 70.3 Å². The molecule has 436 valence electrons. The van der Waals surface area contributed by atoms with Gasteiger partial charge in [-0.15, -0.1) is 0 Å². The quantitative estimate of drug-likeness (QED) is 0.0458. The Morgan fingerprint density at radius 2 is 1.02 bits per heavy atom. The summed E-state index contributed by atoms with van der Waals surface area (Å²) >= 11 is 0. The van der Waals surface area contributed by atoms with Gasteiger partial charge in [-0.05, 0) is 91.3 Å². The molecule has 1 aliphatic carbocycles. The molecule has 3 atom stereocenters. The number of rotatable bonds is 28. The number of benzene rings is 3. The van der Waals surface area contributed by atoms with Crippen molar-refractivity contribution in [1.82, 2.24) is 46.2 Å². The SMILES string of the molecule is O=C(O)CC[C@H](NC(=O)N[C@@H](CCCCNC(=O)[C@H](Cc1ccc2ccccc2c1)NC(=O)[C@H]1CC[C@H](CNC(=O)c2ccc(CN3CCN(CC(=O)O)CCN(CC(=O)O)CCN(CC(=O)O)CC3)cc2)CC1)C(=O)O)C(=O)O. The van der Waals surface area contributed by atoms with Crippen molar-refractivity contribution in [3.63, 3.8) is 0 Å². The third-order valence-corrected chi connectivity index (χ3v) is 14.4. The van der Waals surface area contributed by atoms with Crippen LogP contribution in [0.15, 0.2) is 66.7 Å². The Labute approximate surface area is 463 Å². The number of carboxylic acids is 6. The van der Waals surface area contributed by atoms with Crippen LogP contribution >= 0.6 is 0 Å². The monoisotopic (exact) mass is 1120 g/mol. The smallest absolute Gasteiger partial charge is 0.326 e. The second-order valence-electron chi connectivity index (χ2n) is 20.5. The van der Waals surface area contributed by atoms with E-state index in [4.69, 9.17) is 5.11 Å². The highest BCUT2D eigenvalue weighted by molar-refractivity contribution is 5.94. The van der Waals surface area contributed by atoms with Gasteiger partial charge in [0.2, 0.25) is 11.8 Å². The van der Waals surface area contributed by atoms with Crippen LogP contribution < -0.4 is 26.6 Å². The molecular weight excluding hydrogens is 1040 g/mol. The minimum Gasteiger partial charge on any atom is -0.481 e. The molecule has 3 aromatic carbocycles. The largest absolute Gasteiger partial charge is 0.481 e. The molecule has 5 amide bonds. The highest BCUT2D eigenvalue weighted by Crippen LogP contribution is 2.29. The highest BCUT2D eigenvalue weighted by atomic mass is 16.4. The van der Waals surface area contributed by atoms with Gasteiger partial charge in [0.05, 0.1) is 19.6 Å². The van der Waals surface area contributed by atoms with E-state index in [0.717, 1.165) is 21.9 Å². The van der Waals surface area contributed by atoms with Crippen molar-refractivity contribution in [3.05, 3.63) is 83.4 Å². The fourth-order valence-corrected chi connectivity index (χ4v) is 9.82. The summed E-state index contributed by atoms with van der Waals surface area (Å²) in [4.78, 5) is 130. The molecule has 25 heteroatoms. The molecule has 0 bridgehead atoms. The van der Waals surface area contributed by atoms with Gasteiger partial charge in [-0.1, -0.05) is 54.6 Å². The molecule has 0 aromatic heterocycles. The number of nitrogens with one attached hydrogen (secondary N) is 5. The standard InChI is InChI=1S/C55H75N9O16/c65-46(66)19-18-44(54(78)79)60-55(80)59-43(53(76)77)7-3-4-20-56-52(75)45(30-38-12-13-39-5-1-2-6-42(39)29-38)58-51(74)41-14-8-36(9-15-41)31-57-50(73)40-16-10-37(11-17-40)32-61-21-23-62(33-47(67)68)25-27-64(35-49(71)72)28-26-63(24-22-61)34-48(69)70/h1-2,5-6,10-13,16-17,29,36,41,43-45H,3-4,7-9,14-15,18-28,30-35H2,(H,56,75)(H,57,73)(H,58,74)(H,65,66)(H,67,68)(H,69,70)(H,71,72)(H,76,77)(H,78,79)(H2,59,60,80)/t36-,41-,43-,44-,45-/m0/s1. The minimum atomic E-state index is -1.55. The van der Waals surface area contributed by atoms with Crippen molar-refractivity contribution in [2.45, 2.75) is 88.9 Å². The lowest BCUT2D eigenvalue weighted by Gasteiger charge is -2.33. The molecule has 5 rings (SSSR count). The van der Waals surface area contributed by atoms with Crippen LogP contribution in [-0.4, -0.2) is 213 Å². The number of hydrogen-bond acceptors (Lipinski definition) is 14. The first-order chi connectivity index (χ1) is 38.2. The predicted molar refractivity (Wildman–Crippen MR) is 290 cm³/mol. The van der Waals surface area contributed by atoms with Gasteiger partial charge >= 0.3 is 41.8 Å². The predicted octanol–water partition coefficient (Wildman–Crippen LogP) is 1.44. The van der Waals surface area contributed by atoms with E-state index in [2.05, 4.69) is 31.5 Å². The molecule has 0 radical (unpaired) electrons. The van der Waals surface area contributed by atoms with E-state index in [1.807, 2.05) is 54.6 Å². The van der Waals surface area contributed by atoms with Crippen LogP contribution in [0.5, 0.6) is 0 Å². The zero-order chi connectivity index (χ0) is 58.1. The van der Waals surface area contributed by atoms with Crippen molar-refractivity contribution in [1.29, 1.82) is 0 Å². The summed E-state index contributed by atoms with van der Waals surface area (Å²) in [6.07, 6.45) is 2.09. The van der Waals surface area contributed by atoms with Crippen molar-refractivity contribution in [2.24, 2.45) is 11.8 Å². The summed E-state index contributed by atoms with van der Waals surface area (Å²) in [6.45, 7) is 3.12. The van der Waals surface area contributed by atoms with Gasteiger partial charge in [0.25, 0.3) is 5.91 Å².